The highest BCUT2D eigenvalue weighted by Crippen LogP contribution is 2.16. The lowest BCUT2D eigenvalue weighted by atomic mass is 10.0. The normalized spacial score (nSPS) is 15.1. The molecule has 3 rings (SSSR count). The molecule has 2 heterocycles. The van der Waals surface area contributed by atoms with Crippen LogP contribution in [0.5, 0.6) is 0 Å². The summed E-state index contributed by atoms with van der Waals surface area (Å²) in [6.07, 6.45) is 3.39. The molecule has 1 aromatic carbocycles. The molecule has 1 aromatic heterocycles. The third-order valence-electron chi connectivity index (χ3n) is 4.49. The molecule has 2 aromatic rings. The molecule has 1 atom stereocenters. The number of imidazole rings is 1. The molecule has 1 aliphatic heterocycles. The number of halogens is 2. The zero-order valence-electron chi connectivity index (χ0n) is 14.2. The van der Waals surface area contributed by atoms with Crippen LogP contribution in [-0.4, -0.2) is 32.9 Å². The molecule has 0 saturated carbocycles. The van der Waals surface area contributed by atoms with E-state index >= 15 is 0 Å². The Morgan fingerprint density at radius 3 is 2.84 bits per heavy atom. The van der Waals surface area contributed by atoms with Crippen LogP contribution in [0.3, 0.4) is 0 Å². The molecule has 25 heavy (non-hydrogen) atoms. The van der Waals surface area contributed by atoms with Crippen LogP contribution in [0.25, 0.3) is 0 Å². The Morgan fingerprint density at radius 1 is 1.32 bits per heavy atom. The fourth-order valence-corrected chi connectivity index (χ4v) is 3.09. The summed E-state index contributed by atoms with van der Waals surface area (Å²) in [6.45, 7) is 3.89. The molecule has 0 unspecified atom stereocenters. The second kappa shape index (κ2) is 7.31. The first kappa shape index (κ1) is 17.5. The third kappa shape index (κ3) is 4.04. The maximum atomic E-state index is 13.3. The highest BCUT2D eigenvalue weighted by atomic mass is 19.2. The van der Waals surface area contributed by atoms with Gasteiger partial charge < -0.3 is 15.2 Å². The summed E-state index contributed by atoms with van der Waals surface area (Å²) in [5, 5.41) is 0. The Morgan fingerprint density at radius 2 is 2.12 bits per heavy atom. The van der Waals surface area contributed by atoms with Crippen LogP contribution in [0, 0.1) is 11.6 Å². The number of nitrogens with two attached hydrogens (primary N) is 1. The van der Waals surface area contributed by atoms with Gasteiger partial charge in [-0.25, -0.2) is 13.8 Å². The van der Waals surface area contributed by atoms with Gasteiger partial charge in [0.25, 0.3) is 0 Å². The van der Waals surface area contributed by atoms with E-state index in [2.05, 4.69) is 16.5 Å². The van der Waals surface area contributed by atoms with E-state index < -0.39 is 17.7 Å². The van der Waals surface area contributed by atoms with Gasteiger partial charge in [-0.05, 0) is 30.5 Å². The summed E-state index contributed by atoms with van der Waals surface area (Å²) in [5.74, 6) is -0.928. The van der Waals surface area contributed by atoms with E-state index in [1.54, 1.807) is 4.90 Å². The zero-order chi connectivity index (χ0) is 18.0. The van der Waals surface area contributed by atoms with Gasteiger partial charge >= 0.3 is 0 Å². The van der Waals surface area contributed by atoms with Crippen LogP contribution in [0.2, 0.25) is 0 Å². The fourth-order valence-electron chi connectivity index (χ4n) is 3.09. The molecular weight excluding hydrogens is 326 g/mol. The van der Waals surface area contributed by atoms with Crippen LogP contribution in [-0.2, 0) is 30.7 Å². The van der Waals surface area contributed by atoms with Crippen molar-refractivity contribution < 1.29 is 13.6 Å². The molecular formula is C18H22F2N4O. The summed E-state index contributed by atoms with van der Waals surface area (Å²) >= 11 is 0. The summed E-state index contributed by atoms with van der Waals surface area (Å²) in [4.78, 5) is 18.8. The Balaban J connectivity index is 1.57. The van der Waals surface area contributed by atoms with Crippen molar-refractivity contribution in [3.8, 4) is 0 Å². The van der Waals surface area contributed by atoms with E-state index in [9.17, 15) is 13.6 Å². The van der Waals surface area contributed by atoms with Crippen molar-refractivity contribution in [3.63, 3.8) is 0 Å². The number of aryl methyl sites for hydroxylation is 1. The fraction of sp³-hybridized carbons (Fsp3) is 0.444. The quantitative estimate of drug-likeness (QED) is 0.899. The number of rotatable bonds is 5. The molecule has 0 saturated heterocycles. The monoisotopic (exact) mass is 348 g/mol. The number of hydrogen-bond acceptors (Lipinski definition) is 3. The summed E-state index contributed by atoms with van der Waals surface area (Å²) in [6, 6.07) is 3.26. The minimum absolute atomic E-state index is 0.0395. The van der Waals surface area contributed by atoms with Crippen LogP contribution < -0.4 is 5.73 Å². The average Bonchev–Trinajstić information content (AvgIpc) is 3.00. The standard InChI is InChI=1S/C18H22F2N4O/c1-2-14-10-23-5-6-24(11-17(23)22-14)18(25)9-13(21)7-12-3-4-15(19)16(20)8-12/h3-4,8,10,13H,2,5-7,9,11,21H2,1H3/t13-/m1/s1. The number of amides is 1. The number of nitrogens with zero attached hydrogens (tertiary/aromatic N) is 3. The van der Waals surface area contributed by atoms with Crippen molar-refractivity contribution in [3.05, 3.63) is 53.1 Å². The van der Waals surface area contributed by atoms with Gasteiger partial charge in [-0.1, -0.05) is 13.0 Å². The Labute approximate surface area is 145 Å². The van der Waals surface area contributed by atoms with Gasteiger partial charge in [-0.2, -0.15) is 0 Å². The van der Waals surface area contributed by atoms with E-state index in [0.29, 0.717) is 25.1 Å². The first-order chi connectivity index (χ1) is 12.0. The van der Waals surface area contributed by atoms with Crippen molar-refractivity contribution >= 4 is 5.91 Å². The first-order valence-electron chi connectivity index (χ1n) is 8.48. The van der Waals surface area contributed by atoms with Gasteiger partial charge in [0.1, 0.15) is 5.82 Å². The second-order valence-electron chi connectivity index (χ2n) is 6.43. The summed E-state index contributed by atoms with van der Waals surface area (Å²) in [5.41, 5.74) is 7.65. The Hall–Kier alpha value is -2.28. The number of carbonyl (C=O) groups is 1. The van der Waals surface area contributed by atoms with Crippen LogP contribution in [0.4, 0.5) is 8.78 Å². The molecule has 0 spiro atoms. The van der Waals surface area contributed by atoms with E-state index in [1.807, 2.05) is 6.20 Å². The third-order valence-corrected chi connectivity index (χ3v) is 4.49. The molecule has 7 heteroatoms. The lowest BCUT2D eigenvalue weighted by Gasteiger charge is -2.28. The van der Waals surface area contributed by atoms with Crippen LogP contribution in [0.1, 0.15) is 30.4 Å². The molecule has 5 nitrogen and oxygen atoms in total. The summed E-state index contributed by atoms with van der Waals surface area (Å²) < 4.78 is 28.3. The SMILES string of the molecule is CCc1cn2c(n1)CN(C(=O)C[C@H](N)Cc1ccc(F)c(F)c1)CC2. The van der Waals surface area contributed by atoms with Gasteiger partial charge in [0.2, 0.25) is 5.91 Å². The van der Waals surface area contributed by atoms with E-state index in [0.717, 1.165) is 36.6 Å². The number of aromatic nitrogens is 2. The second-order valence-corrected chi connectivity index (χ2v) is 6.43. The van der Waals surface area contributed by atoms with Crippen molar-refractivity contribution in [2.75, 3.05) is 6.54 Å². The minimum Gasteiger partial charge on any atom is -0.333 e. The Kier molecular flexibility index (Phi) is 5.13. The van der Waals surface area contributed by atoms with Crippen molar-refractivity contribution in [2.24, 2.45) is 5.73 Å². The van der Waals surface area contributed by atoms with Gasteiger partial charge in [0.05, 0.1) is 12.2 Å². The minimum atomic E-state index is -0.898. The van der Waals surface area contributed by atoms with Gasteiger partial charge in [0.15, 0.2) is 11.6 Å². The van der Waals surface area contributed by atoms with Crippen molar-refractivity contribution in [1.82, 2.24) is 14.5 Å². The molecule has 134 valence electrons. The van der Waals surface area contributed by atoms with Crippen LogP contribution in [0.15, 0.2) is 24.4 Å². The first-order valence-corrected chi connectivity index (χ1v) is 8.48. The highest BCUT2D eigenvalue weighted by molar-refractivity contribution is 5.76. The lowest BCUT2D eigenvalue weighted by Crippen LogP contribution is -2.41. The van der Waals surface area contributed by atoms with Crippen LogP contribution >= 0.6 is 0 Å². The predicted molar refractivity (Wildman–Crippen MR) is 89.7 cm³/mol. The molecule has 0 fully saturated rings. The number of benzene rings is 1. The van der Waals surface area contributed by atoms with E-state index in [1.165, 1.54) is 6.07 Å². The molecule has 1 amide bonds. The molecule has 0 radical (unpaired) electrons. The van der Waals surface area contributed by atoms with Gasteiger partial charge in [-0.3, -0.25) is 4.79 Å². The van der Waals surface area contributed by atoms with E-state index in [4.69, 9.17) is 5.73 Å². The topological polar surface area (TPSA) is 64.2 Å². The number of fused-ring (bicyclic) bond motifs is 1. The lowest BCUT2D eigenvalue weighted by molar-refractivity contribution is -0.133. The maximum absolute atomic E-state index is 13.3. The zero-order valence-corrected chi connectivity index (χ0v) is 14.2. The van der Waals surface area contributed by atoms with E-state index in [-0.39, 0.29) is 12.3 Å². The number of hydrogen-bond donors (Lipinski definition) is 1. The van der Waals surface area contributed by atoms with Gasteiger partial charge in [0, 0.05) is 31.7 Å². The molecule has 2 N–H and O–H groups in total. The average molecular weight is 348 g/mol. The largest absolute Gasteiger partial charge is 0.333 e. The highest BCUT2D eigenvalue weighted by Gasteiger charge is 2.23. The molecule has 0 aliphatic carbocycles. The molecule has 1 aliphatic rings. The molecule has 0 bridgehead atoms. The Bertz CT molecular complexity index is 774. The van der Waals surface area contributed by atoms with Crippen molar-refractivity contribution in [2.45, 2.75) is 45.3 Å². The summed E-state index contributed by atoms with van der Waals surface area (Å²) in [7, 11) is 0. The number of carbonyl (C=O) groups excluding carboxylic acids is 1. The van der Waals surface area contributed by atoms with Gasteiger partial charge in [-0.15, -0.1) is 0 Å². The predicted octanol–water partition coefficient (Wildman–Crippen LogP) is 2.03. The maximum Gasteiger partial charge on any atom is 0.224 e. The van der Waals surface area contributed by atoms with Crippen molar-refractivity contribution in [1.29, 1.82) is 0 Å². The smallest absolute Gasteiger partial charge is 0.224 e.